The van der Waals surface area contributed by atoms with Crippen LogP contribution in [0.2, 0.25) is 0 Å². The van der Waals surface area contributed by atoms with Crippen LogP contribution in [0.3, 0.4) is 0 Å². The molecule has 0 heterocycles. The summed E-state index contributed by atoms with van der Waals surface area (Å²) in [7, 11) is 0. The summed E-state index contributed by atoms with van der Waals surface area (Å²) in [5, 5.41) is 8.39. The maximum Gasteiger partial charge on any atom is 0.325 e. The third-order valence-corrected chi connectivity index (χ3v) is 1.66. The highest BCUT2D eigenvalue weighted by Gasteiger charge is 2.24. The zero-order chi connectivity index (χ0) is 10.9. The smallest absolute Gasteiger partial charge is 0.325 e. The quantitative estimate of drug-likeness (QED) is 0.713. The molecule has 14 heavy (non-hydrogen) atoms. The minimum Gasteiger partial charge on any atom is -0.480 e. The largest absolute Gasteiger partial charge is 0.480 e. The Kier molecular flexibility index (Phi) is 2.76. The lowest BCUT2D eigenvalue weighted by Gasteiger charge is -2.09. The number of carboxylic acids is 1. The predicted molar refractivity (Wildman–Crippen MR) is 40.9 cm³/mol. The molecule has 76 valence electrons. The lowest BCUT2D eigenvalue weighted by Crippen LogP contribution is -2.23. The number of nitrogens with two attached hydrogens (primary N) is 1. The fourth-order valence-electron chi connectivity index (χ4n) is 0.951. The van der Waals surface area contributed by atoms with Gasteiger partial charge in [0.1, 0.15) is 11.9 Å². The molecule has 1 aromatic rings. The molecule has 0 saturated carbocycles. The minimum absolute atomic E-state index is 0.558. The summed E-state index contributed by atoms with van der Waals surface area (Å²) in [5.74, 6) is -5.72. The number of hydrogen-bond acceptors (Lipinski definition) is 2. The Bertz CT molecular complexity index is 381. The Morgan fingerprint density at radius 1 is 1.29 bits per heavy atom. The van der Waals surface area contributed by atoms with Crippen molar-refractivity contribution in [3.05, 3.63) is 35.1 Å². The van der Waals surface area contributed by atoms with Crippen LogP contribution in [-0.2, 0) is 4.79 Å². The second-order valence-corrected chi connectivity index (χ2v) is 2.57. The van der Waals surface area contributed by atoms with Gasteiger partial charge in [0.25, 0.3) is 0 Å². The molecule has 0 fully saturated rings. The van der Waals surface area contributed by atoms with Crippen LogP contribution >= 0.6 is 0 Å². The number of halogens is 3. The van der Waals surface area contributed by atoms with E-state index in [1.54, 1.807) is 0 Å². The van der Waals surface area contributed by atoms with Gasteiger partial charge < -0.3 is 10.8 Å². The molecule has 0 unspecified atom stereocenters. The van der Waals surface area contributed by atoms with E-state index in [1.807, 2.05) is 0 Å². The first-order valence-corrected chi connectivity index (χ1v) is 3.57. The number of aliphatic carboxylic acids is 1. The lowest BCUT2D eigenvalue weighted by molar-refractivity contribution is -0.138. The second kappa shape index (κ2) is 3.67. The van der Waals surface area contributed by atoms with Gasteiger partial charge in [-0.3, -0.25) is 4.79 Å². The fraction of sp³-hybridized carbons (Fsp3) is 0.125. The van der Waals surface area contributed by atoms with Crippen molar-refractivity contribution in [2.75, 3.05) is 0 Å². The highest BCUT2D eigenvalue weighted by atomic mass is 19.2. The number of carbonyl (C=O) groups is 1. The van der Waals surface area contributed by atoms with Gasteiger partial charge in [0.2, 0.25) is 0 Å². The molecule has 0 amide bonds. The van der Waals surface area contributed by atoms with Crippen molar-refractivity contribution in [1.29, 1.82) is 0 Å². The molecule has 3 nitrogen and oxygen atoms in total. The van der Waals surface area contributed by atoms with Gasteiger partial charge in [-0.25, -0.2) is 13.2 Å². The Morgan fingerprint density at radius 2 is 1.79 bits per heavy atom. The first-order valence-electron chi connectivity index (χ1n) is 3.57. The van der Waals surface area contributed by atoms with Crippen LogP contribution in [0.4, 0.5) is 13.2 Å². The van der Waals surface area contributed by atoms with Crippen LogP contribution in [-0.4, -0.2) is 11.1 Å². The second-order valence-electron chi connectivity index (χ2n) is 2.57. The van der Waals surface area contributed by atoms with Crippen LogP contribution < -0.4 is 5.73 Å². The molecule has 0 aliphatic heterocycles. The lowest BCUT2D eigenvalue weighted by atomic mass is 10.1. The maximum atomic E-state index is 12.9. The van der Waals surface area contributed by atoms with Crippen molar-refractivity contribution >= 4 is 5.97 Å². The third kappa shape index (κ3) is 1.69. The summed E-state index contributed by atoms with van der Waals surface area (Å²) in [5.41, 5.74) is 3.99. The summed E-state index contributed by atoms with van der Waals surface area (Å²) < 4.78 is 38.4. The SMILES string of the molecule is N[C@H](C(=O)O)c1c(F)ccc(F)c1F. The van der Waals surface area contributed by atoms with E-state index < -0.39 is 35.0 Å². The molecule has 1 atom stereocenters. The van der Waals surface area contributed by atoms with Gasteiger partial charge in [-0.2, -0.15) is 0 Å². The summed E-state index contributed by atoms with van der Waals surface area (Å²) in [6, 6.07) is -0.732. The summed E-state index contributed by atoms with van der Waals surface area (Å²) in [6.45, 7) is 0. The maximum absolute atomic E-state index is 12.9. The van der Waals surface area contributed by atoms with E-state index in [1.165, 1.54) is 0 Å². The standard InChI is InChI=1S/C8H6F3NO2/c9-3-1-2-4(10)6(11)5(3)7(12)8(13)14/h1-2,7H,12H2,(H,13,14)/t7-/m0/s1. The number of rotatable bonds is 2. The van der Waals surface area contributed by atoms with E-state index in [4.69, 9.17) is 10.8 Å². The fourth-order valence-corrected chi connectivity index (χ4v) is 0.951. The molecule has 1 aromatic carbocycles. The van der Waals surface area contributed by atoms with E-state index in [9.17, 15) is 18.0 Å². The minimum atomic E-state index is -1.91. The Hall–Kier alpha value is -1.56. The van der Waals surface area contributed by atoms with Gasteiger partial charge in [0.15, 0.2) is 11.6 Å². The summed E-state index contributed by atoms with van der Waals surface area (Å²) in [4.78, 5) is 10.3. The van der Waals surface area contributed by atoms with E-state index in [-0.39, 0.29) is 0 Å². The zero-order valence-electron chi connectivity index (χ0n) is 6.80. The average molecular weight is 205 g/mol. The molecule has 0 radical (unpaired) electrons. The van der Waals surface area contributed by atoms with Crippen LogP contribution in [0, 0.1) is 17.5 Å². The zero-order valence-corrected chi connectivity index (χ0v) is 6.80. The van der Waals surface area contributed by atoms with Crippen LogP contribution in [0.25, 0.3) is 0 Å². The molecule has 0 spiro atoms. The Morgan fingerprint density at radius 3 is 2.29 bits per heavy atom. The molecule has 1 rings (SSSR count). The Balaban J connectivity index is 3.32. The van der Waals surface area contributed by atoms with Crippen molar-refractivity contribution in [2.45, 2.75) is 6.04 Å². The van der Waals surface area contributed by atoms with Crippen LogP contribution in [0.15, 0.2) is 12.1 Å². The summed E-state index contributed by atoms with van der Waals surface area (Å²) >= 11 is 0. The highest BCUT2D eigenvalue weighted by Crippen LogP contribution is 2.21. The average Bonchev–Trinajstić information content (AvgIpc) is 2.12. The van der Waals surface area contributed by atoms with Crippen molar-refractivity contribution < 1.29 is 23.1 Å². The topological polar surface area (TPSA) is 63.3 Å². The number of benzene rings is 1. The van der Waals surface area contributed by atoms with Gasteiger partial charge >= 0.3 is 5.97 Å². The molecule has 0 aromatic heterocycles. The van der Waals surface area contributed by atoms with Gasteiger partial charge in [-0.15, -0.1) is 0 Å². The van der Waals surface area contributed by atoms with Gasteiger partial charge in [0, 0.05) is 0 Å². The molecule has 0 saturated heterocycles. The first kappa shape index (κ1) is 10.5. The molecule has 6 heteroatoms. The van der Waals surface area contributed by atoms with Crippen LogP contribution in [0.5, 0.6) is 0 Å². The van der Waals surface area contributed by atoms with Crippen molar-refractivity contribution in [3.8, 4) is 0 Å². The van der Waals surface area contributed by atoms with Crippen molar-refractivity contribution in [1.82, 2.24) is 0 Å². The molecule has 3 N–H and O–H groups in total. The first-order chi connectivity index (χ1) is 6.45. The third-order valence-electron chi connectivity index (χ3n) is 1.66. The van der Waals surface area contributed by atoms with E-state index in [0.29, 0.717) is 12.1 Å². The number of carboxylic acid groups (broad SMARTS) is 1. The van der Waals surface area contributed by atoms with E-state index in [2.05, 4.69) is 0 Å². The summed E-state index contributed by atoms with van der Waals surface area (Å²) in [6.07, 6.45) is 0. The molecular weight excluding hydrogens is 199 g/mol. The van der Waals surface area contributed by atoms with Crippen molar-refractivity contribution in [3.63, 3.8) is 0 Å². The molecule has 0 bridgehead atoms. The van der Waals surface area contributed by atoms with Gasteiger partial charge in [-0.1, -0.05) is 0 Å². The highest BCUT2D eigenvalue weighted by molar-refractivity contribution is 5.75. The van der Waals surface area contributed by atoms with Crippen molar-refractivity contribution in [2.24, 2.45) is 5.73 Å². The van der Waals surface area contributed by atoms with E-state index >= 15 is 0 Å². The van der Waals surface area contributed by atoms with Gasteiger partial charge in [0.05, 0.1) is 5.56 Å². The molecular formula is C8H6F3NO2. The number of hydrogen-bond donors (Lipinski definition) is 2. The predicted octanol–water partition coefficient (Wildman–Crippen LogP) is 1.19. The molecule has 0 aliphatic rings. The van der Waals surface area contributed by atoms with E-state index in [0.717, 1.165) is 0 Å². The monoisotopic (exact) mass is 205 g/mol. The Labute approximate surface area is 77.0 Å². The normalized spacial score (nSPS) is 12.6. The van der Waals surface area contributed by atoms with Crippen LogP contribution in [0.1, 0.15) is 11.6 Å². The molecule has 0 aliphatic carbocycles. The van der Waals surface area contributed by atoms with Gasteiger partial charge in [-0.05, 0) is 12.1 Å².